The molecule has 1 aromatic heterocycles. The molecule has 2 aromatic rings. The number of nitrogens with two attached hydrogens (primary N) is 1. The maximum atomic E-state index is 5.76. The highest BCUT2D eigenvalue weighted by Gasteiger charge is 2.02. The number of nitrogen functional groups attached to an aromatic ring is 1. The predicted molar refractivity (Wildman–Crippen MR) is 64.6 cm³/mol. The SMILES string of the molecule is Cc1cc(C)cc(Oc2ccncc2N)c1. The quantitative estimate of drug-likeness (QED) is 0.835. The topological polar surface area (TPSA) is 48.1 Å². The molecule has 1 heterocycles. The second-order valence-corrected chi connectivity index (χ2v) is 3.84. The lowest BCUT2D eigenvalue weighted by atomic mass is 10.1. The van der Waals surface area contributed by atoms with Gasteiger partial charge in [-0.15, -0.1) is 0 Å². The third-order valence-electron chi connectivity index (χ3n) is 2.23. The number of pyridine rings is 1. The third kappa shape index (κ3) is 2.31. The average molecular weight is 214 g/mol. The van der Waals surface area contributed by atoms with Gasteiger partial charge in [-0.2, -0.15) is 0 Å². The maximum Gasteiger partial charge on any atom is 0.153 e. The highest BCUT2D eigenvalue weighted by atomic mass is 16.5. The molecule has 1 aromatic carbocycles. The summed E-state index contributed by atoms with van der Waals surface area (Å²) in [6.45, 7) is 4.07. The Balaban J connectivity index is 2.30. The highest BCUT2D eigenvalue weighted by molar-refractivity contribution is 5.51. The Bertz CT molecular complexity index is 489. The second kappa shape index (κ2) is 4.23. The van der Waals surface area contributed by atoms with Gasteiger partial charge in [0.05, 0.1) is 11.9 Å². The van der Waals surface area contributed by atoms with Gasteiger partial charge in [0.15, 0.2) is 5.75 Å². The van der Waals surface area contributed by atoms with Crippen molar-refractivity contribution >= 4 is 5.69 Å². The molecule has 0 spiro atoms. The fraction of sp³-hybridized carbons (Fsp3) is 0.154. The van der Waals surface area contributed by atoms with Crippen LogP contribution in [0.3, 0.4) is 0 Å². The Labute approximate surface area is 94.9 Å². The molecule has 2 N–H and O–H groups in total. The molecule has 0 aliphatic heterocycles. The summed E-state index contributed by atoms with van der Waals surface area (Å²) >= 11 is 0. The number of benzene rings is 1. The predicted octanol–water partition coefficient (Wildman–Crippen LogP) is 3.07. The van der Waals surface area contributed by atoms with Crippen molar-refractivity contribution in [1.29, 1.82) is 0 Å². The minimum absolute atomic E-state index is 0.543. The number of aryl methyl sites for hydroxylation is 2. The zero-order chi connectivity index (χ0) is 11.5. The molecule has 82 valence electrons. The summed E-state index contributed by atoms with van der Waals surface area (Å²) in [6.07, 6.45) is 3.24. The van der Waals surface area contributed by atoms with Crippen LogP contribution in [0.25, 0.3) is 0 Å². The molecule has 0 fully saturated rings. The molecular weight excluding hydrogens is 200 g/mol. The van der Waals surface area contributed by atoms with Gasteiger partial charge < -0.3 is 10.5 Å². The molecule has 0 saturated carbocycles. The van der Waals surface area contributed by atoms with E-state index in [1.54, 1.807) is 18.5 Å². The standard InChI is InChI=1S/C13H14N2O/c1-9-5-10(2)7-11(6-9)16-13-3-4-15-8-12(13)14/h3-8H,14H2,1-2H3. The van der Waals surface area contributed by atoms with Gasteiger partial charge in [0.2, 0.25) is 0 Å². The summed E-state index contributed by atoms with van der Waals surface area (Å²) in [4.78, 5) is 3.92. The van der Waals surface area contributed by atoms with Crippen molar-refractivity contribution in [2.24, 2.45) is 0 Å². The lowest BCUT2D eigenvalue weighted by Crippen LogP contribution is -1.93. The van der Waals surface area contributed by atoms with Crippen molar-refractivity contribution in [3.05, 3.63) is 47.8 Å². The molecule has 0 aliphatic rings. The largest absolute Gasteiger partial charge is 0.455 e. The Morgan fingerprint density at radius 1 is 1.12 bits per heavy atom. The van der Waals surface area contributed by atoms with Crippen molar-refractivity contribution in [2.75, 3.05) is 5.73 Å². The zero-order valence-electron chi connectivity index (χ0n) is 9.40. The fourth-order valence-electron chi connectivity index (χ4n) is 1.61. The van der Waals surface area contributed by atoms with E-state index in [0.29, 0.717) is 11.4 Å². The van der Waals surface area contributed by atoms with E-state index < -0.39 is 0 Å². The lowest BCUT2D eigenvalue weighted by Gasteiger charge is -2.09. The van der Waals surface area contributed by atoms with Gasteiger partial charge in [0.25, 0.3) is 0 Å². The summed E-state index contributed by atoms with van der Waals surface area (Å²) in [7, 11) is 0. The first-order valence-electron chi connectivity index (χ1n) is 5.11. The number of ether oxygens (including phenoxy) is 1. The summed E-state index contributed by atoms with van der Waals surface area (Å²) < 4.78 is 5.71. The van der Waals surface area contributed by atoms with Gasteiger partial charge in [-0.25, -0.2) is 0 Å². The maximum absolute atomic E-state index is 5.76. The van der Waals surface area contributed by atoms with Crippen molar-refractivity contribution in [2.45, 2.75) is 13.8 Å². The summed E-state index contributed by atoms with van der Waals surface area (Å²) in [5, 5.41) is 0. The van der Waals surface area contributed by atoms with E-state index in [4.69, 9.17) is 10.5 Å². The number of anilines is 1. The second-order valence-electron chi connectivity index (χ2n) is 3.84. The molecule has 0 unspecified atom stereocenters. The first-order valence-corrected chi connectivity index (χ1v) is 5.11. The van der Waals surface area contributed by atoms with Crippen LogP contribution < -0.4 is 10.5 Å². The molecule has 3 nitrogen and oxygen atoms in total. The summed E-state index contributed by atoms with van der Waals surface area (Å²) in [5.41, 5.74) is 8.64. The monoisotopic (exact) mass is 214 g/mol. The van der Waals surface area contributed by atoms with Gasteiger partial charge >= 0.3 is 0 Å². The molecular formula is C13H14N2O. The van der Waals surface area contributed by atoms with Crippen LogP contribution in [0.15, 0.2) is 36.7 Å². The molecule has 0 atom stereocenters. The van der Waals surface area contributed by atoms with Gasteiger partial charge in [-0.05, 0) is 37.1 Å². The smallest absolute Gasteiger partial charge is 0.153 e. The Hall–Kier alpha value is -2.03. The van der Waals surface area contributed by atoms with E-state index in [-0.39, 0.29) is 0 Å². The molecule has 0 bridgehead atoms. The van der Waals surface area contributed by atoms with E-state index >= 15 is 0 Å². The van der Waals surface area contributed by atoms with Crippen LogP contribution in [-0.2, 0) is 0 Å². The van der Waals surface area contributed by atoms with Crippen molar-refractivity contribution < 1.29 is 4.74 Å². The van der Waals surface area contributed by atoms with E-state index in [0.717, 1.165) is 5.75 Å². The normalized spacial score (nSPS) is 10.1. The van der Waals surface area contributed by atoms with Gasteiger partial charge in [0.1, 0.15) is 5.75 Å². The minimum atomic E-state index is 0.543. The number of aromatic nitrogens is 1. The molecule has 3 heteroatoms. The van der Waals surface area contributed by atoms with Crippen molar-refractivity contribution in [3.63, 3.8) is 0 Å². The molecule has 16 heavy (non-hydrogen) atoms. The van der Waals surface area contributed by atoms with Gasteiger partial charge in [0, 0.05) is 12.3 Å². The van der Waals surface area contributed by atoms with Gasteiger partial charge in [-0.1, -0.05) is 6.07 Å². The van der Waals surface area contributed by atoms with Crippen LogP contribution in [0.5, 0.6) is 11.5 Å². The van der Waals surface area contributed by atoms with Crippen LogP contribution in [0, 0.1) is 13.8 Å². The molecule has 0 saturated heterocycles. The third-order valence-corrected chi connectivity index (χ3v) is 2.23. The zero-order valence-corrected chi connectivity index (χ0v) is 9.40. The van der Waals surface area contributed by atoms with Crippen LogP contribution in [0.4, 0.5) is 5.69 Å². The van der Waals surface area contributed by atoms with E-state index in [1.165, 1.54) is 11.1 Å². The first-order chi connectivity index (χ1) is 7.65. The number of rotatable bonds is 2. The highest BCUT2D eigenvalue weighted by Crippen LogP contribution is 2.27. The minimum Gasteiger partial charge on any atom is -0.455 e. The number of hydrogen-bond acceptors (Lipinski definition) is 3. The first kappa shape index (κ1) is 10.5. The van der Waals surface area contributed by atoms with Crippen LogP contribution in [-0.4, -0.2) is 4.98 Å². The number of hydrogen-bond donors (Lipinski definition) is 1. The summed E-state index contributed by atoms with van der Waals surface area (Å²) in [6, 6.07) is 7.81. The Kier molecular flexibility index (Phi) is 2.77. The number of nitrogens with zero attached hydrogens (tertiary/aromatic N) is 1. The summed E-state index contributed by atoms with van der Waals surface area (Å²) in [5.74, 6) is 1.44. The Morgan fingerprint density at radius 3 is 2.44 bits per heavy atom. The molecule has 2 rings (SSSR count). The van der Waals surface area contributed by atoms with Crippen LogP contribution in [0.1, 0.15) is 11.1 Å². The van der Waals surface area contributed by atoms with E-state index in [2.05, 4.69) is 11.1 Å². The van der Waals surface area contributed by atoms with Crippen molar-refractivity contribution in [3.8, 4) is 11.5 Å². The average Bonchev–Trinajstić information content (AvgIpc) is 2.20. The molecule has 0 radical (unpaired) electrons. The lowest BCUT2D eigenvalue weighted by molar-refractivity contribution is 0.483. The van der Waals surface area contributed by atoms with Crippen molar-refractivity contribution in [1.82, 2.24) is 4.98 Å². The van der Waals surface area contributed by atoms with Crippen LogP contribution >= 0.6 is 0 Å². The molecule has 0 amide bonds. The van der Waals surface area contributed by atoms with Gasteiger partial charge in [-0.3, -0.25) is 4.98 Å². The van der Waals surface area contributed by atoms with Crippen LogP contribution in [0.2, 0.25) is 0 Å². The fourth-order valence-corrected chi connectivity index (χ4v) is 1.61. The Morgan fingerprint density at radius 2 is 1.81 bits per heavy atom. The van der Waals surface area contributed by atoms with E-state index in [1.807, 2.05) is 26.0 Å². The molecule has 0 aliphatic carbocycles. The van der Waals surface area contributed by atoms with E-state index in [9.17, 15) is 0 Å².